The lowest BCUT2D eigenvalue weighted by Gasteiger charge is -2.26. The molecule has 0 aliphatic carbocycles. The summed E-state index contributed by atoms with van der Waals surface area (Å²) in [6, 6.07) is 8.20. The van der Waals surface area contributed by atoms with Crippen molar-refractivity contribution < 1.29 is 22.0 Å². The highest BCUT2D eigenvalue weighted by Gasteiger charge is 2.34. The molecule has 1 N–H and O–H groups in total. The molecule has 186 valence electrons. The van der Waals surface area contributed by atoms with E-state index in [4.69, 9.17) is 4.98 Å². The van der Waals surface area contributed by atoms with Gasteiger partial charge in [-0.1, -0.05) is 0 Å². The number of nitrogens with zero attached hydrogens (tertiary/aromatic N) is 6. The molecule has 1 aliphatic rings. The maximum atomic E-state index is 14.5. The van der Waals surface area contributed by atoms with Gasteiger partial charge in [0.2, 0.25) is 0 Å². The number of imidazole rings is 1. The van der Waals surface area contributed by atoms with Crippen LogP contribution in [-0.4, -0.2) is 31.1 Å². The summed E-state index contributed by atoms with van der Waals surface area (Å²) < 4.78 is 70.0. The van der Waals surface area contributed by atoms with E-state index in [1.165, 1.54) is 16.8 Å². The van der Waals surface area contributed by atoms with Gasteiger partial charge >= 0.3 is 6.18 Å². The fraction of sp³-hybridized carbons (Fsp3) is 0.200. The van der Waals surface area contributed by atoms with E-state index >= 15 is 0 Å². The zero-order valence-corrected chi connectivity index (χ0v) is 18.9. The fourth-order valence-corrected chi connectivity index (χ4v) is 4.83. The van der Waals surface area contributed by atoms with E-state index in [0.717, 1.165) is 30.7 Å². The topological polar surface area (TPSA) is 85.9 Å². The van der Waals surface area contributed by atoms with Gasteiger partial charge in [-0.3, -0.25) is 0 Å². The number of hydrogen-bond acceptors (Lipinski definition) is 5. The maximum Gasteiger partial charge on any atom is 0.417 e. The van der Waals surface area contributed by atoms with Crippen LogP contribution in [0.2, 0.25) is 0 Å². The van der Waals surface area contributed by atoms with Gasteiger partial charge in [0, 0.05) is 18.3 Å². The Bertz CT molecular complexity index is 1710. The molecule has 2 aromatic carbocycles. The van der Waals surface area contributed by atoms with Crippen LogP contribution in [0.3, 0.4) is 0 Å². The summed E-state index contributed by atoms with van der Waals surface area (Å²) in [6.07, 6.45) is -0.180. The van der Waals surface area contributed by atoms with Crippen LogP contribution in [0, 0.1) is 23.0 Å². The largest absolute Gasteiger partial charge is 0.417 e. The first-order valence-electron chi connectivity index (χ1n) is 11.3. The van der Waals surface area contributed by atoms with Crippen molar-refractivity contribution in [1.29, 1.82) is 5.26 Å². The Hall–Kier alpha value is -4.53. The quantitative estimate of drug-likeness (QED) is 0.312. The summed E-state index contributed by atoms with van der Waals surface area (Å²) in [5.74, 6) is -0.279. The van der Waals surface area contributed by atoms with Gasteiger partial charge in [-0.25, -0.2) is 23.3 Å². The molecule has 1 saturated heterocycles. The van der Waals surface area contributed by atoms with E-state index in [1.54, 1.807) is 18.3 Å². The second-order valence-electron chi connectivity index (χ2n) is 8.74. The molecule has 0 radical (unpaired) electrons. The number of benzene rings is 2. The van der Waals surface area contributed by atoms with Crippen LogP contribution >= 0.6 is 0 Å². The first-order chi connectivity index (χ1) is 17.7. The number of alkyl halides is 3. The Labute approximate surface area is 205 Å². The second kappa shape index (κ2) is 8.26. The molecule has 0 spiro atoms. The van der Waals surface area contributed by atoms with Crippen molar-refractivity contribution in [1.82, 2.24) is 24.6 Å². The standard InChI is InChI=1S/C25H16F5N7/c26-14-3-4-18(27)15(9-14)21-2-1-6-36(21)22-5-7-37-24(35-22)16(12-32-37)23-33-19-8-13(11-31)17(25(28,29)30)10-20(19)34-23/h3-5,7-10,12,21H,1-2,6H2,(H,33,34)/t21-/m1/s1. The molecule has 1 atom stereocenters. The average molecular weight is 509 g/mol. The van der Waals surface area contributed by atoms with Gasteiger partial charge in [0.05, 0.1) is 46.0 Å². The molecular weight excluding hydrogens is 493 g/mol. The van der Waals surface area contributed by atoms with E-state index in [0.29, 0.717) is 30.0 Å². The van der Waals surface area contributed by atoms with E-state index in [2.05, 4.69) is 15.1 Å². The normalized spacial score (nSPS) is 16.1. The third kappa shape index (κ3) is 3.83. The highest BCUT2D eigenvalue weighted by Crippen LogP contribution is 2.38. The molecule has 0 bridgehead atoms. The van der Waals surface area contributed by atoms with Crippen LogP contribution in [0.4, 0.5) is 27.8 Å². The summed E-state index contributed by atoms with van der Waals surface area (Å²) in [5.41, 5.74) is -0.227. The fourth-order valence-electron chi connectivity index (χ4n) is 4.83. The highest BCUT2D eigenvalue weighted by molar-refractivity contribution is 5.85. The number of aromatic amines is 1. The Morgan fingerprint density at radius 2 is 1.92 bits per heavy atom. The van der Waals surface area contributed by atoms with Crippen molar-refractivity contribution in [2.75, 3.05) is 11.4 Å². The number of aromatic nitrogens is 5. The summed E-state index contributed by atoms with van der Waals surface area (Å²) in [5, 5.41) is 13.4. The van der Waals surface area contributed by atoms with Crippen molar-refractivity contribution in [3.63, 3.8) is 0 Å². The van der Waals surface area contributed by atoms with Crippen LogP contribution in [0.15, 0.2) is 48.8 Å². The lowest BCUT2D eigenvalue weighted by molar-refractivity contribution is -0.137. The van der Waals surface area contributed by atoms with Crippen molar-refractivity contribution in [3.8, 4) is 17.5 Å². The molecular formula is C25H16F5N7. The number of nitriles is 1. The van der Waals surface area contributed by atoms with Crippen molar-refractivity contribution >= 4 is 22.5 Å². The van der Waals surface area contributed by atoms with Gasteiger partial charge in [-0.2, -0.15) is 23.5 Å². The monoisotopic (exact) mass is 509 g/mol. The predicted octanol–water partition coefficient (Wildman–Crippen LogP) is 5.78. The summed E-state index contributed by atoms with van der Waals surface area (Å²) >= 11 is 0. The van der Waals surface area contributed by atoms with Crippen LogP contribution in [0.5, 0.6) is 0 Å². The lowest BCUT2D eigenvalue weighted by atomic mass is 10.0. The molecule has 7 nitrogen and oxygen atoms in total. The lowest BCUT2D eigenvalue weighted by Crippen LogP contribution is -2.24. The van der Waals surface area contributed by atoms with Crippen LogP contribution in [-0.2, 0) is 6.18 Å². The highest BCUT2D eigenvalue weighted by atomic mass is 19.4. The Balaban J connectivity index is 1.43. The summed E-state index contributed by atoms with van der Waals surface area (Å²) in [7, 11) is 0. The zero-order valence-electron chi connectivity index (χ0n) is 18.9. The molecule has 6 rings (SSSR count). The average Bonchev–Trinajstić information content (AvgIpc) is 3.61. The number of anilines is 1. The number of fused-ring (bicyclic) bond motifs is 2. The number of nitrogens with one attached hydrogen (secondary N) is 1. The van der Waals surface area contributed by atoms with Crippen molar-refractivity contribution in [3.05, 3.63) is 77.1 Å². The van der Waals surface area contributed by atoms with Gasteiger partial charge in [0.25, 0.3) is 0 Å². The van der Waals surface area contributed by atoms with E-state index in [-0.39, 0.29) is 22.4 Å². The SMILES string of the molecule is N#Cc1cc2nc(-c3cnn4ccc(N5CCC[C@@H]5c5cc(F)ccc5F)nc34)[nH]c2cc1C(F)(F)F. The molecule has 1 fully saturated rings. The van der Waals surface area contributed by atoms with E-state index < -0.39 is 35.0 Å². The maximum absolute atomic E-state index is 14.5. The van der Waals surface area contributed by atoms with Crippen molar-refractivity contribution in [2.24, 2.45) is 0 Å². The number of hydrogen-bond donors (Lipinski definition) is 1. The third-order valence-electron chi connectivity index (χ3n) is 6.52. The smallest absolute Gasteiger partial charge is 0.349 e. The minimum Gasteiger partial charge on any atom is -0.349 e. The van der Waals surface area contributed by atoms with E-state index in [1.807, 2.05) is 4.90 Å². The van der Waals surface area contributed by atoms with Gasteiger partial charge in [0.1, 0.15) is 23.3 Å². The minimum absolute atomic E-state index is 0.109. The molecule has 0 saturated carbocycles. The number of H-pyrrole nitrogens is 1. The first-order valence-corrected chi connectivity index (χ1v) is 11.3. The van der Waals surface area contributed by atoms with Gasteiger partial charge < -0.3 is 9.88 Å². The molecule has 1 aliphatic heterocycles. The molecule has 12 heteroatoms. The van der Waals surface area contributed by atoms with E-state index in [9.17, 15) is 27.2 Å². The summed E-state index contributed by atoms with van der Waals surface area (Å²) in [6.45, 7) is 0.578. The predicted molar refractivity (Wildman–Crippen MR) is 123 cm³/mol. The minimum atomic E-state index is -4.70. The first kappa shape index (κ1) is 22.9. The number of rotatable bonds is 3. The van der Waals surface area contributed by atoms with Crippen LogP contribution < -0.4 is 4.90 Å². The molecule has 3 aromatic heterocycles. The van der Waals surface area contributed by atoms with Gasteiger partial charge in [-0.05, 0) is 49.2 Å². The zero-order chi connectivity index (χ0) is 25.9. The molecule has 0 amide bonds. The van der Waals surface area contributed by atoms with Gasteiger partial charge in [0.15, 0.2) is 5.65 Å². The Morgan fingerprint density at radius 3 is 2.70 bits per heavy atom. The Morgan fingerprint density at radius 1 is 1.08 bits per heavy atom. The molecule has 0 unspecified atom stereocenters. The number of halogens is 5. The molecule has 5 aromatic rings. The van der Waals surface area contributed by atoms with Gasteiger partial charge in [-0.15, -0.1) is 0 Å². The molecule has 4 heterocycles. The Kier molecular flexibility index (Phi) is 5.11. The second-order valence-corrected chi connectivity index (χ2v) is 8.74. The third-order valence-corrected chi connectivity index (χ3v) is 6.52. The molecule has 37 heavy (non-hydrogen) atoms. The van der Waals surface area contributed by atoms with Crippen LogP contribution in [0.1, 0.15) is 35.6 Å². The summed E-state index contributed by atoms with van der Waals surface area (Å²) in [4.78, 5) is 13.8. The van der Waals surface area contributed by atoms with Crippen molar-refractivity contribution in [2.45, 2.75) is 25.1 Å². The van der Waals surface area contributed by atoms with Crippen LogP contribution in [0.25, 0.3) is 28.1 Å².